The molecule has 1 saturated heterocycles. The molecule has 1 fully saturated rings. The fourth-order valence-corrected chi connectivity index (χ4v) is 6.20. The van der Waals surface area contributed by atoms with E-state index < -0.39 is 17.9 Å². The van der Waals surface area contributed by atoms with Crippen LogP contribution in [0.4, 0.5) is 17.6 Å². The normalized spacial score (nSPS) is 19.7. The molecule has 4 nitrogen and oxygen atoms in total. The van der Waals surface area contributed by atoms with Crippen molar-refractivity contribution in [2.75, 3.05) is 39.1 Å². The summed E-state index contributed by atoms with van der Waals surface area (Å²) in [6.45, 7) is 2.10. The first-order chi connectivity index (χ1) is 17.8. The van der Waals surface area contributed by atoms with E-state index in [4.69, 9.17) is 4.74 Å². The number of benzene rings is 2. The van der Waals surface area contributed by atoms with E-state index in [1.54, 1.807) is 31.5 Å². The molecule has 4 rings (SSSR count). The third kappa shape index (κ3) is 6.94. The quantitative estimate of drug-likeness (QED) is 0.229. The number of alkyl halides is 4. The Labute approximate surface area is 219 Å². The van der Waals surface area contributed by atoms with E-state index in [0.717, 1.165) is 29.9 Å². The highest BCUT2D eigenvalue weighted by Gasteiger charge is 2.33. The number of thioether (sulfide) groups is 1. The molecule has 1 N–H and O–H groups in total. The van der Waals surface area contributed by atoms with Crippen LogP contribution in [0.1, 0.15) is 36.6 Å². The van der Waals surface area contributed by atoms with Crippen LogP contribution in [0.5, 0.6) is 5.75 Å². The molecule has 0 spiro atoms. The fraction of sp³-hybridized carbons (Fsp3) is 0.464. The van der Waals surface area contributed by atoms with Crippen molar-refractivity contribution in [2.24, 2.45) is 11.8 Å². The summed E-state index contributed by atoms with van der Waals surface area (Å²) >= 11 is 1.20. The van der Waals surface area contributed by atoms with Crippen molar-refractivity contribution in [1.82, 2.24) is 9.88 Å². The maximum absolute atomic E-state index is 15.4. The van der Waals surface area contributed by atoms with E-state index in [9.17, 15) is 18.3 Å². The second-order valence-corrected chi connectivity index (χ2v) is 10.6. The maximum Gasteiger partial charge on any atom is 0.417 e. The van der Waals surface area contributed by atoms with E-state index in [2.05, 4.69) is 9.88 Å². The highest BCUT2D eigenvalue weighted by Crippen LogP contribution is 2.37. The molecule has 0 radical (unpaired) electrons. The van der Waals surface area contributed by atoms with Gasteiger partial charge >= 0.3 is 6.18 Å². The number of methoxy groups -OCH3 is 1. The number of fused-ring (bicyclic) bond motifs is 1. The summed E-state index contributed by atoms with van der Waals surface area (Å²) in [5.74, 6) is 1.39. The van der Waals surface area contributed by atoms with Crippen LogP contribution in [0.15, 0.2) is 59.6 Å². The Bertz CT molecular complexity index is 1180. The van der Waals surface area contributed by atoms with Gasteiger partial charge in [-0.05, 0) is 79.6 Å². The first-order valence-corrected chi connectivity index (χ1v) is 13.5. The predicted octanol–water partition coefficient (Wildman–Crippen LogP) is 6.78. The highest BCUT2D eigenvalue weighted by molar-refractivity contribution is 7.99. The third-order valence-electron chi connectivity index (χ3n) is 7.18. The number of likely N-dealkylation sites (tertiary alicyclic amines) is 1. The number of hydrogen-bond donors (Lipinski definition) is 1. The monoisotopic (exact) mass is 536 g/mol. The molecule has 3 aromatic rings. The average Bonchev–Trinajstić information content (AvgIpc) is 2.91. The van der Waals surface area contributed by atoms with Crippen molar-refractivity contribution in [3.05, 3.63) is 65.9 Å². The van der Waals surface area contributed by atoms with Crippen LogP contribution in [0.2, 0.25) is 0 Å². The van der Waals surface area contributed by atoms with Gasteiger partial charge in [0.25, 0.3) is 0 Å². The molecule has 1 aliphatic rings. The molecule has 37 heavy (non-hydrogen) atoms. The molecule has 1 aromatic heterocycles. The van der Waals surface area contributed by atoms with Crippen LogP contribution < -0.4 is 4.74 Å². The lowest BCUT2D eigenvalue weighted by Gasteiger charge is -2.38. The van der Waals surface area contributed by atoms with E-state index in [1.807, 2.05) is 12.1 Å². The van der Waals surface area contributed by atoms with Crippen molar-refractivity contribution in [2.45, 2.75) is 36.5 Å². The summed E-state index contributed by atoms with van der Waals surface area (Å²) in [5.41, 5.74) is 0.712. The van der Waals surface area contributed by atoms with Crippen molar-refractivity contribution in [1.29, 1.82) is 0 Å². The first kappa shape index (κ1) is 27.7. The number of nitrogens with zero attached hydrogens (tertiary/aromatic N) is 2. The van der Waals surface area contributed by atoms with Gasteiger partial charge in [0, 0.05) is 41.9 Å². The summed E-state index contributed by atoms with van der Waals surface area (Å²) in [7, 11) is 1.58. The molecular formula is C28H32F4N2O2S. The van der Waals surface area contributed by atoms with Crippen molar-refractivity contribution < 1.29 is 27.4 Å². The average molecular weight is 537 g/mol. The molecule has 3 atom stereocenters. The second kappa shape index (κ2) is 12.5. The maximum atomic E-state index is 15.4. The van der Waals surface area contributed by atoms with Gasteiger partial charge in [-0.3, -0.25) is 4.98 Å². The van der Waals surface area contributed by atoms with Gasteiger partial charge in [-0.2, -0.15) is 13.2 Å². The van der Waals surface area contributed by atoms with Crippen LogP contribution in [0.3, 0.4) is 0 Å². The number of rotatable bonds is 10. The molecule has 2 aromatic carbocycles. The molecule has 0 aliphatic carbocycles. The Kier molecular flexibility index (Phi) is 9.31. The zero-order valence-electron chi connectivity index (χ0n) is 20.8. The van der Waals surface area contributed by atoms with Crippen LogP contribution in [-0.2, 0) is 6.18 Å². The number of aromatic nitrogens is 1. The molecule has 1 aliphatic heterocycles. The van der Waals surface area contributed by atoms with E-state index in [-0.39, 0.29) is 23.3 Å². The van der Waals surface area contributed by atoms with Gasteiger partial charge < -0.3 is 14.7 Å². The number of ether oxygens (including phenoxy) is 1. The fourth-order valence-electron chi connectivity index (χ4n) is 5.12. The minimum atomic E-state index is -4.37. The minimum Gasteiger partial charge on any atom is -0.497 e. The van der Waals surface area contributed by atoms with Gasteiger partial charge in [0.2, 0.25) is 0 Å². The lowest BCUT2D eigenvalue weighted by molar-refractivity contribution is -0.139. The number of hydrogen-bond acceptors (Lipinski definition) is 5. The SMILES string of the molecule is COc1ccc2nccc([C@@H](F)CC[C@@H]3CCN(CCSc4ccccc4C(F)(F)F)C[C@@H]3CO)c2c1. The molecule has 200 valence electrons. The summed E-state index contributed by atoms with van der Waals surface area (Å²) in [6, 6.07) is 12.8. The summed E-state index contributed by atoms with van der Waals surface area (Å²) in [4.78, 5) is 6.75. The number of aliphatic hydroxyl groups excluding tert-OH is 1. The van der Waals surface area contributed by atoms with Gasteiger partial charge in [-0.25, -0.2) is 4.39 Å². The summed E-state index contributed by atoms with van der Waals surface area (Å²) < 4.78 is 60.4. The predicted molar refractivity (Wildman–Crippen MR) is 139 cm³/mol. The lowest BCUT2D eigenvalue weighted by atomic mass is 9.81. The Morgan fingerprint density at radius 3 is 2.73 bits per heavy atom. The van der Waals surface area contributed by atoms with Gasteiger partial charge in [0.15, 0.2) is 0 Å². The van der Waals surface area contributed by atoms with E-state index >= 15 is 4.39 Å². The van der Waals surface area contributed by atoms with Gasteiger partial charge in [-0.15, -0.1) is 11.8 Å². The molecule has 2 heterocycles. The standard InChI is InChI=1S/C28H32F4N2O2S/c1-36-21-7-9-26-23(16-21)22(10-12-33-26)25(29)8-6-19-11-13-34(17-20(19)18-35)14-15-37-27-5-3-2-4-24(27)28(30,31)32/h2-5,7,9-10,12,16,19-20,25,35H,6,8,11,13-15,17-18H2,1H3/t19-,20-,25+/m1/s1. The summed E-state index contributed by atoms with van der Waals surface area (Å²) in [5, 5.41) is 10.8. The van der Waals surface area contributed by atoms with Gasteiger partial charge in [0.1, 0.15) is 11.9 Å². The van der Waals surface area contributed by atoms with Gasteiger partial charge in [0.05, 0.1) is 18.2 Å². The second-order valence-electron chi connectivity index (χ2n) is 9.46. The van der Waals surface area contributed by atoms with E-state index in [1.165, 1.54) is 23.9 Å². The molecule has 0 unspecified atom stereocenters. The van der Waals surface area contributed by atoms with Crippen molar-refractivity contribution in [3.8, 4) is 5.75 Å². The van der Waals surface area contributed by atoms with Crippen LogP contribution in [0.25, 0.3) is 10.9 Å². The Morgan fingerprint density at radius 1 is 1.16 bits per heavy atom. The zero-order chi connectivity index (χ0) is 26.4. The Hall–Kier alpha value is -2.36. The Balaban J connectivity index is 1.30. The lowest BCUT2D eigenvalue weighted by Crippen LogP contribution is -2.43. The molecule has 0 amide bonds. The number of pyridine rings is 1. The number of halogens is 4. The van der Waals surface area contributed by atoms with E-state index in [0.29, 0.717) is 43.0 Å². The van der Waals surface area contributed by atoms with Gasteiger partial charge in [-0.1, -0.05) is 12.1 Å². The first-order valence-electron chi connectivity index (χ1n) is 12.5. The number of aliphatic hydroxyl groups is 1. The molecule has 9 heteroatoms. The largest absolute Gasteiger partial charge is 0.497 e. The van der Waals surface area contributed by atoms with Crippen LogP contribution in [0, 0.1) is 11.8 Å². The summed E-state index contributed by atoms with van der Waals surface area (Å²) in [6.07, 6.45) is -2.07. The Morgan fingerprint density at radius 2 is 1.97 bits per heavy atom. The highest BCUT2D eigenvalue weighted by atomic mass is 32.2. The minimum absolute atomic E-state index is 0.0115. The molecular weight excluding hydrogens is 504 g/mol. The number of piperidine rings is 1. The topological polar surface area (TPSA) is 45.6 Å². The third-order valence-corrected chi connectivity index (χ3v) is 8.23. The van der Waals surface area contributed by atoms with Crippen LogP contribution in [-0.4, -0.2) is 54.1 Å². The van der Waals surface area contributed by atoms with Crippen molar-refractivity contribution >= 4 is 22.7 Å². The van der Waals surface area contributed by atoms with Crippen molar-refractivity contribution in [3.63, 3.8) is 0 Å². The zero-order valence-corrected chi connectivity index (χ0v) is 21.6. The molecule has 0 bridgehead atoms. The smallest absolute Gasteiger partial charge is 0.417 e. The van der Waals surface area contributed by atoms with Crippen LogP contribution >= 0.6 is 11.8 Å². The molecule has 0 saturated carbocycles.